The highest BCUT2D eigenvalue weighted by atomic mass is 16.5. The largest absolute Gasteiger partial charge is 0.496 e. The lowest BCUT2D eigenvalue weighted by Crippen LogP contribution is -2.47. The predicted molar refractivity (Wildman–Crippen MR) is 137 cm³/mol. The second-order valence-corrected chi connectivity index (χ2v) is 8.71. The number of rotatable bonds is 6. The van der Waals surface area contributed by atoms with E-state index in [1.165, 1.54) is 0 Å². The van der Waals surface area contributed by atoms with E-state index in [1.54, 1.807) is 43.6 Å². The van der Waals surface area contributed by atoms with Crippen LogP contribution in [0.2, 0.25) is 0 Å². The Labute approximate surface area is 207 Å². The van der Waals surface area contributed by atoms with Crippen LogP contribution in [0.25, 0.3) is 11.1 Å². The fraction of sp³-hybridized carbons (Fsp3) is 0.280. The molecule has 0 unspecified atom stereocenters. The molecule has 1 fully saturated rings. The van der Waals surface area contributed by atoms with Gasteiger partial charge in [0.05, 0.1) is 18.2 Å². The van der Waals surface area contributed by atoms with E-state index in [9.17, 15) is 9.59 Å². The van der Waals surface area contributed by atoms with E-state index >= 15 is 0 Å². The molecule has 3 N–H and O–H groups in total. The van der Waals surface area contributed by atoms with E-state index < -0.39 is 5.76 Å². The van der Waals surface area contributed by atoms with Crippen molar-refractivity contribution in [2.45, 2.75) is 6.92 Å². The Bertz CT molecular complexity index is 1470. The van der Waals surface area contributed by atoms with Crippen LogP contribution in [0.1, 0.15) is 15.9 Å². The van der Waals surface area contributed by atoms with Gasteiger partial charge in [0, 0.05) is 49.3 Å². The van der Waals surface area contributed by atoms with Gasteiger partial charge in [-0.2, -0.15) is 4.98 Å². The van der Waals surface area contributed by atoms with E-state index in [1.807, 2.05) is 24.9 Å². The third kappa shape index (κ3) is 4.86. The molecule has 1 aliphatic rings. The molecule has 4 aromatic rings. The van der Waals surface area contributed by atoms with Crippen LogP contribution in [-0.4, -0.2) is 71.0 Å². The summed E-state index contributed by atoms with van der Waals surface area (Å²) in [5.74, 6) is 0.911. The summed E-state index contributed by atoms with van der Waals surface area (Å²) in [5, 5.41) is 6.44. The van der Waals surface area contributed by atoms with E-state index in [-0.39, 0.29) is 5.91 Å². The molecular formula is C25H27N7O4. The predicted octanol–water partition coefficient (Wildman–Crippen LogP) is 3.10. The van der Waals surface area contributed by atoms with Crippen LogP contribution >= 0.6 is 0 Å². The molecule has 2 aromatic carbocycles. The SMILES string of the molecule is COc1ccc(Nc2ncc(C)c(Nc3ccc4oc(=O)[nH]c4c3)n2)cc1C(=O)N1CCN(C)CC1. The number of carbonyl (C=O) groups is 1. The van der Waals surface area contributed by atoms with Crippen molar-refractivity contribution in [1.82, 2.24) is 24.8 Å². The maximum Gasteiger partial charge on any atom is 0.417 e. The molecule has 2 aromatic heterocycles. The molecule has 11 heteroatoms. The van der Waals surface area contributed by atoms with E-state index in [4.69, 9.17) is 9.15 Å². The number of nitrogens with zero attached hydrogens (tertiary/aromatic N) is 4. The van der Waals surface area contributed by atoms with Crippen LogP contribution < -0.4 is 21.1 Å². The molecule has 36 heavy (non-hydrogen) atoms. The highest BCUT2D eigenvalue weighted by Gasteiger charge is 2.23. The van der Waals surface area contributed by atoms with Gasteiger partial charge in [0.2, 0.25) is 5.95 Å². The molecule has 0 radical (unpaired) electrons. The first-order chi connectivity index (χ1) is 17.4. The topological polar surface area (TPSA) is 129 Å². The van der Waals surface area contributed by atoms with Gasteiger partial charge in [0.1, 0.15) is 11.6 Å². The minimum absolute atomic E-state index is 0.0662. The monoisotopic (exact) mass is 489 g/mol. The number of fused-ring (bicyclic) bond motifs is 1. The molecule has 11 nitrogen and oxygen atoms in total. The molecule has 0 atom stereocenters. The maximum atomic E-state index is 13.2. The lowest BCUT2D eigenvalue weighted by atomic mass is 10.1. The van der Waals surface area contributed by atoms with Crippen LogP contribution in [0.3, 0.4) is 0 Å². The lowest BCUT2D eigenvalue weighted by Gasteiger charge is -2.32. The number of hydrogen-bond donors (Lipinski definition) is 3. The molecule has 186 valence electrons. The zero-order valence-electron chi connectivity index (χ0n) is 20.3. The molecular weight excluding hydrogens is 462 g/mol. The number of amides is 1. The van der Waals surface area contributed by atoms with Crippen LogP contribution in [0.4, 0.5) is 23.1 Å². The molecule has 0 spiro atoms. The van der Waals surface area contributed by atoms with Crippen LogP contribution in [0.15, 0.2) is 51.8 Å². The number of piperazine rings is 1. The molecule has 1 amide bonds. The second-order valence-electron chi connectivity index (χ2n) is 8.71. The Kier molecular flexibility index (Phi) is 6.30. The maximum absolute atomic E-state index is 13.2. The van der Waals surface area contributed by atoms with Crippen molar-refractivity contribution in [2.75, 3.05) is 51.0 Å². The van der Waals surface area contributed by atoms with Crippen molar-refractivity contribution in [3.63, 3.8) is 0 Å². The van der Waals surface area contributed by atoms with Crippen LogP contribution in [-0.2, 0) is 0 Å². The van der Waals surface area contributed by atoms with Gasteiger partial charge in [-0.1, -0.05) is 0 Å². The Morgan fingerprint density at radius 2 is 1.83 bits per heavy atom. The Hall–Kier alpha value is -4.38. The minimum Gasteiger partial charge on any atom is -0.496 e. The lowest BCUT2D eigenvalue weighted by molar-refractivity contribution is 0.0661. The number of likely N-dealkylation sites (N-methyl/N-ethyl adjacent to an activating group) is 1. The number of benzene rings is 2. The molecule has 1 saturated heterocycles. The summed E-state index contributed by atoms with van der Waals surface area (Å²) in [4.78, 5) is 40.3. The number of ether oxygens (including phenoxy) is 1. The number of hydrogen-bond acceptors (Lipinski definition) is 9. The molecule has 0 aliphatic carbocycles. The fourth-order valence-corrected chi connectivity index (χ4v) is 4.06. The molecule has 0 bridgehead atoms. The molecule has 1 aliphatic heterocycles. The number of oxazole rings is 1. The normalized spacial score (nSPS) is 14.1. The molecule has 0 saturated carbocycles. The number of H-pyrrole nitrogens is 1. The van der Waals surface area contributed by atoms with Crippen LogP contribution in [0, 0.1) is 6.92 Å². The van der Waals surface area contributed by atoms with E-state index in [0.717, 1.165) is 24.3 Å². The van der Waals surface area contributed by atoms with Gasteiger partial charge >= 0.3 is 5.76 Å². The highest BCUT2D eigenvalue weighted by molar-refractivity contribution is 5.98. The quantitative estimate of drug-likeness (QED) is 0.374. The number of methoxy groups -OCH3 is 1. The number of carbonyl (C=O) groups excluding carboxylic acids is 1. The number of aromatic nitrogens is 3. The number of aromatic amines is 1. The summed E-state index contributed by atoms with van der Waals surface area (Å²) >= 11 is 0. The van der Waals surface area contributed by atoms with Gasteiger partial charge in [-0.25, -0.2) is 9.78 Å². The van der Waals surface area contributed by atoms with Crippen molar-refractivity contribution in [3.05, 3.63) is 64.3 Å². The van der Waals surface area contributed by atoms with E-state index in [0.29, 0.717) is 53.0 Å². The first kappa shape index (κ1) is 23.4. The van der Waals surface area contributed by atoms with Gasteiger partial charge in [-0.3, -0.25) is 9.78 Å². The summed E-state index contributed by atoms with van der Waals surface area (Å²) in [5.41, 5.74) is 3.79. The standard InChI is InChI=1S/C25H27N7O4/c1-15-14-26-24(30-22(15)27-17-5-7-21-19(13-17)29-25(34)36-21)28-16-4-6-20(35-3)18(12-16)23(33)32-10-8-31(2)9-11-32/h4-7,12-14H,8-11H2,1-3H3,(H,29,34)(H2,26,27,28,30). The zero-order valence-corrected chi connectivity index (χ0v) is 20.3. The second kappa shape index (κ2) is 9.70. The summed E-state index contributed by atoms with van der Waals surface area (Å²) < 4.78 is 10.5. The van der Waals surface area contributed by atoms with Gasteiger partial charge in [-0.15, -0.1) is 0 Å². The fourth-order valence-electron chi connectivity index (χ4n) is 4.06. The minimum atomic E-state index is -0.503. The van der Waals surface area contributed by atoms with Crippen molar-refractivity contribution < 1.29 is 13.9 Å². The van der Waals surface area contributed by atoms with Gasteiger partial charge < -0.3 is 29.6 Å². The van der Waals surface area contributed by atoms with Crippen molar-refractivity contribution >= 4 is 40.1 Å². The van der Waals surface area contributed by atoms with Gasteiger partial charge in [-0.05, 0) is 50.4 Å². The molecule has 5 rings (SSSR count). The summed E-state index contributed by atoms with van der Waals surface area (Å²) in [6, 6.07) is 10.6. The van der Waals surface area contributed by atoms with Crippen molar-refractivity contribution in [1.29, 1.82) is 0 Å². The average Bonchev–Trinajstić information content (AvgIpc) is 3.25. The Balaban J connectivity index is 1.37. The number of nitrogens with one attached hydrogen (secondary N) is 3. The zero-order chi connectivity index (χ0) is 25.2. The molecule has 3 heterocycles. The van der Waals surface area contributed by atoms with Crippen molar-refractivity contribution in [3.8, 4) is 5.75 Å². The highest BCUT2D eigenvalue weighted by Crippen LogP contribution is 2.27. The van der Waals surface area contributed by atoms with E-state index in [2.05, 4.69) is 30.5 Å². The number of anilines is 4. The third-order valence-corrected chi connectivity index (χ3v) is 6.13. The Morgan fingerprint density at radius 3 is 2.61 bits per heavy atom. The smallest absolute Gasteiger partial charge is 0.417 e. The average molecular weight is 490 g/mol. The number of aryl methyl sites for hydroxylation is 1. The van der Waals surface area contributed by atoms with Crippen molar-refractivity contribution in [2.24, 2.45) is 0 Å². The first-order valence-electron chi connectivity index (χ1n) is 11.6. The summed E-state index contributed by atoms with van der Waals surface area (Å²) in [6.07, 6.45) is 1.70. The first-order valence-corrected chi connectivity index (χ1v) is 11.6. The summed E-state index contributed by atoms with van der Waals surface area (Å²) in [6.45, 7) is 4.91. The van der Waals surface area contributed by atoms with Crippen LogP contribution in [0.5, 0.6) is 5.75 Å². The van der Waals surface area contributed by atoms with Gasteiger partial charge in [0.15, 0.2) is 5.58 Å². The third-order valence-electron chi connectivity index (χ3n) is 6.13. The van der Waals surface area contributed by atoms with Gasteiger partial charge in [0.25, 0.3) is 5.91 Å². The Morgan fingerprint density at radius 1 is 1.08 bits per heavy atom. The summed E-state index contributed by atoms with van der Waals surface area (Å²) in [7, 11) is 3.61.